The molecule has 1 aromatic rings. The van der Waals surface area contributed by atoms with Gasteiger partial charge in [0.25, 0.3) is 5.91 Å². The van der Waals surface area contributed by atoms with Crippen LogP contribution in [0.5, 0.6) is 0 Å². The summed E-state index contributed by atoms with van der Waals surface area (Å²) in [5.74, 6) is -1.87. The second-order valence-electron chi connectivity index (χ2n) is 6.18. The number of hydrogen-bond donors (Lipinski definition) is 1. The number of amides is 1. The van der Waals surface area contributed by atoms with Crippen LogP contribution in [0, 0.1) is 6.92 Å². The Morgan fingerprint density at radius 3 is 2.74 bits per heavy atom. The predicted octanol–water partition coefficient (Wildman–Crippen LogP) is 1.18. The maximum Gasteiger partial charge on any atom is 0.343 e. The zero-order chi connectivity index (χ0) is 16.6. The van der Waals surface area contributed by atoms with E-state index in [2.05, 4.69) is 5.10 Å². The van der Waals surface area contributed by atoms with Crippen molar-refractivity contribution in [2.24, 2.45) is 0 Å². The van der Waals surface area contributed by atoms with Crippen molar-refractivity contribution in [1.82, 2.24) is 14.7 Å². The van der Waals surface area contributed by atoms with Gasteiger partial charge in [-0.15, -0.1) is 0 Å². The third-order valence-corrected chi connectivity index (χ3v) is 4.70. The first-order valence-corrected chi connectivity index (χ1v) is 7.76. The fraction of sp³-hybridized carbons (Fsp3) is 0.667. The van der Waals surface area contributed by atoms with Crippen molar-refractivity contribution in [2.75, 3.05) is 26.3 Å². The number of rotatable bonds is 3. The Balaban J connectivity index is 1.76. The van der Waals surface area contributed by atoms with Gasteiger partial charge in [-0.3, -0.25) is 9.48 Å². The Kier molecular flexibility index (Phi) is 4.09. The van der Waals surface area contributed by atoms with Crippen molar-refractivity contribution < 1.29 is 23.8 Å². The van der Waals surface area contributed by atoms with Crippen molar-refractivity contribution in [3.8, 4) is 0 Å². The van der Waals surface area contributed by atoms with Crippen LogP contribution in [0.2, 0.25) is 0 Å². The van der Waals surface area contributed by atoms with Gasteiger partial charge < -0.3 is 14.7 Å². The van der Waals surface area contributed by atoms with Gasteiger partial charge in [0.15, 0.2) is 0 Å². The minimum atomic E-state index is -2.35. The number of carbonyl (C=O) groups is 2. The molecule has 1 unspecified atom stereocenters. The van der Waals surface area contributed by atoms with E-state index in [-0.39, 0.29) is 24.9 Å². The van der Waals surface area contributed by atoms with E-state index >= 15 is 0 Å². The quantitative estimate of drug-likeness (QED) is 0.902. The van der Waals surface area contributed by atoms with Crippen LogP contribution in [0.4, 0.5) is 4.39 Å². The summed E-state index contributed by atoms with van der Waals surface area (Å²) in [7, 11) is 0. The third kappa shape index (κ3) is 2.83. The normalized spacial score (nSPS) is 25.7. The van der Waals surface area contributed by atoms with Gasteiger partial charge in [-0.25, -0.2) is 9.18 Å². The number of carboxylic acids is 1. The van der Waals surface area contributed by atoms with Crippen molar-refractivity contribution in [1.29, 1.82) is 0 Å². The number of halogens is 1. The lowest BCUT2D eigenvalue weighted by molar-refractivity contribution is -0.149. The molecule has 1 aromatic heterocycles. The molecular weight excluding hydrogens is 305 g/mol. The maximum absolute atomic E-state index is 14.1. The summed E-state index contributed by atoms with van der Waals surface area (Å²) >= 11 is 0. The highest BCUT2D eigenvalue weighted by Crippen LogP contribution is 2.29. The monoisotopic (exact) mass is 325 g/mol. The average Bonchev–Trinajstić information content (AvgIpc) is 3.12. The van der Waals surface area contributed by atoms with E-state index in [1.807, 2.05) is 11.6 Å². The molecule has 0 aliphatic carbocycles. The number of likely N-dealkylation sites (tertiary alicyclic amines) is 1. The first kappa shape index (κ1) is 15.9. The first-order valence-electron chi connectivity index (χ1n) is 7.76. The van der Waals surface area contributed by atoms with Crippen LogP contribution in [0.25, 0.3) is 0 Å². The highest BCUT2D eigenvalue weighted by atomic mass is 19.1. The van der Waals surface area contributed by atoms with Crippen LogP contribution in [-0.4, -0.2) is 63.6 Å². The number of carbonyl (C=O) groups excluding carboxylic acids is 1. The van der Waals surface area contributed by atoms with E-state index in [1.165, 1.54) is 11.1 Å². The van der Waals surface area contributed by atoms with Gasteiger partial charge in [0.1, 0.15) is 0 Å². The van der Waals surface area contributed by atoms with E-state index in [1.54, 1.807) is 0 Å². The molecule has 8 heteroatoms. The van der Waals surface area contributed by atoms with Gasteiger partial charge in [-0.1, -0.05) is 0 Å². The summed E-state index contributed by atoms with van der Waals surface area (Å²) < 4.78 is 21.3. The molecule has 2 aliphatic rings. The largest absolute Gasteiger partial charge is 0.479 e. The standard InChI is InChI=1S/C15H20FN3O4/c1-10-12(8-17-19(10)11-2-6-23-7-3-11)13(20)18-5-4-15(16,9-18)14(21)22/h8,11H,2-7,9H2,1H3,(H,21,22). The molecule has 0 saturated carbocycles. The highest BCUT2D eigenvalue weighted by molar-refractivity contribution is 5.96. The van der Waals surface area contributed by atoms with Crippen molar-refractivity contribution in [3.63, 3.8) is 0 Å². The number of aromatic nitrogens is 2. The highest BCUT2D eigenvalue weighted by Gasteiger charge is 2.47. The number of carboxylic acid groups (broad SMARTS) is 1. The SMILES string of the molecule is Cc1c(C(=O)N2CCC(F)(C(=O)O)C2)cnn1C1CCOCC1. The third-order valence-electron chi connectivity index (χ3n) is 4.70. The molecule has 0 bridgehead atoms. The molecule has 0 spiro atoms. The van der Waals surface area contributed by atoms with Gasteiger partial charge in [0.05, 0.1) is 24.3 Å². The lowest BCUT2D eigenvalue weighted by Gasteiger charge is -2.24. The summed E-state index contributed by atoms with van der Waals surface area (Å²) in [6.45, 7) is 2.84. The van der Waals surface area contributed by atoms with Crippen LogP contribution in [-0.2, 0) is 9.53 Å². The molecule has 1 amide bonds. The Hall–Kier alpha value is -1.96. The molecule has 3 heterocycles. The van der Waals surface area contributed by atoms with Crippen LogP contribution in [0.3, 0.4) is 0 Å². The summed E-state index contributed by atoms with van der Waals surface area (Å²) in [6.07, 6.45) is 2.99. The number of alkyl halides is 1. The Morgan fingerprint density at radius 2 is 2.13 bits per heavy atom. The Bertz CT molecular complexity index is 626. The van der Waals surface area contributed by atoms with Crippen LogP contribution in [0.15, 0.2) is 6.20 Å². The van der Waals surface area contributed by atoms with Crippen LogP contribution >= 0.6 is 0 Å². The summed E-state index contributed by atoms with van der Waals surface area (Å²) in [4.78, 5) is 24.8. The van der Waals surface area contributed by atoms with Gasteiger partial charge in [-0.2, -0.15) is 5.10 Å². The molecule has 126 valence electrons. The van der Waals surface area contributed by atoms with Crippen LogP contribution < -0.4 is 0 Å². The molecule has 2 fully saturated rings. The molecule has 2 aliphatic heterocycles. The molecule has 7 nitrogen and oxygen atoms in total. The van der Waals surface area contributed by atoms with Crippen molar-refractivity contribution in [3.05, 3.63) is 17.5 Å². The van der Waals surface area contributed by atoms with Crippen molar-refractivity contribution >= 4 is 11.9 Å². The minimum Gasteiger partial charge on any atom is -0.479 e. The van der Waals surface area contributed by atoms with Crippen LogP contribution in [0.1, 0.15) is 41.4 Å². The molecule has 23 heavy (non-hydrogen) atoms. The first-order chi connectivity index (χ1) is 10.9. The van der Waals surface area contributed by atoms with E-state index in [9.17, 15) is 14.0 Å². The second kappa shape index (κ2) is 5.92. The minimum absolute atomic E-state index is 0.101. The summed E-state index contributed by atoms with van der Waals surface area (Å²) in [5, 5.41) is 13.2. The zero-order valence-corrected chi connectivity index (χ0v) is 13.0. The van der Waals surface area contributed by atoms with E-state index in [0.29, 0.717) is 18.8 Å². The van der Waals surface area contributed by atoms with Gasteiger partial charge in [0.2, 0.25) is 5.67 Å². The van der Waals surface area contributed by atoms with E-state index in [4.69, 9.17) is 9.84 Å². The molecule has 3 rings (SSSR count). The summed E-state index contributed by atoms with van der Waals surface area (Å²) in [5.41, 5.74) is -1.21. The molecule has 1 atom stereocenters. The fourth-order valence-corrected chi connectivity index (χ4v) is 3.22. The lowest BCUT2D eigenvalue weighted by Crippen LogP contribution is -2.39. The Labute approximate surface area is 133 Å². The topological polar surface area (TPSA) is 84.7 Å². The fourth-order valence-electron chi connectivity index (χ4n) is 3.22. The Morgan fingerprint density at radius 1 is 1.43 bits per heavy atom. The number of aliphatic carboxylic acids is 1. The maximum atomic E-state index is 14.1. The molecule has 0 aromatic carbocycles. The van der Waals surface area contributed by atoms with E-state index < -0.39 is 18.2 Å². The number of ether oxygens (including phenoxy) is 1. The second-order valence-corrected chi connectivity index (χ2v) is 6.18. The number of hydrogen-bond acceptors (Lipinski definition) is 4. The summed E-state index contributed by atoms with van der Waals surface area (Å²) in [6, 6.07) is 0.197. The molecule has 2 saturated heterocycles. The average molecular weight is 325 g/mol. The molecular formula is C15H20FN3O4. The lowest BCUT2D eigenvalue weighted by atomic mass is 10.1. The van der Waals surface area contributed by atoms with Crippen molar-refractivity contribution in [2.45, 2.75) is 37.9 Å². The smallest absolute Gasteiger partial charge is 0.343 e. The zero-order valence-electron chi connectivity index (χ0n) is 13.0. The number of nitrogens with zero attached hydrogens (tertiary/aromatic N) is 3. The van der Waals surface area contributed by atoms with Gasteiger partial charge >= 0.3 is 5.97 Å². The van der Waals surface area contributed by atoms with Gasteiger partial charge in [0, 0.05) is 31.9 Å². The molecule has 1 N–H and O–H groups in total. The van der Waals surface area contributed by atoms with E-state index in [0.717, 1.165) is 18.5 Å². The predicted molar refractivity (Wildman–Crippen MR) is 78.0 cm³/mol. The molecule has 0 radical (unpaired) electrons. The van der Waals surface area contributed by atoms with Gasteiger partial charge in [-0.05, 0) is 19.8 Å².